The lowest BCUT2D eigenvalue weighted by Gasteiger charge is -2.34. The number of hydrogen-bond acceptors (Lipinski definition) is 4. The monoisotopic (exact) mass is 595 g/mol. The third kappa shape index (κ3) is 8.33. The molecular formula is C32H38ClN3O4S. The third-order valence-corrected chi connectivity index (χ3v) is 8.88. The summed E-state index contributed by atoms with van der Waals surface area (Å²) in [7, 11) is -3.82. The molecule has 0 aliphatic heterocycles. The molecule has 9 heteroatoms. The highest BCUT2D eigenvalue weighted by molar-refractivity contribution is 7.92. The molecular weight excluding hydrogens is 558 g/mol. The number of rotatable bonds is 11. The topological polar surface area (TPSA) is 86.8 Å². The van der Waals surface area contributed by atoms with E-state index >= 15 is 0 Å². The fourth-order valence-electron chi connectivity index (χ4n) is 5.43. The Bertz CT molecular complexity index is 1470. The zero-order valence-corrected chi connectivity index (χ0v) is 25.4. The number of sulfonamides is 1. The molecule has 0 spiro atoms. The zero-order valence-electron chi connectivity index (χ0n) is 23.8. The molecule has 1 fully saturated rings. The average Bonchev–Trinajstić information content (AvgIpc) is 3.42. The molecule has 0 bridgehead atoms. The Morgan fingerprint density at radius 3 is 2.27 bits per heavy atom. The van der Waals surface area contributed by atoms with E-state index in [0.29, 0.717) is 10.7 Å². The van der Waals surface area contributed by atoms with Gasteiger partial charge in [-0.15, -0.1) is 0 Å². The molecule has 41 heavy (non-hydrogen) atoms. The van der Waals surface area contributed by atoms with E-state index in [0.717, 1.165) is 58.5 Å². The second-order valence-corrected chi connectivity index (χ2v) is 13.2. The minimum atomic E-state index is -3.82. The van der Waals surface area contributed by atoms with Crippen LogP contribution in [0.1, 0.15) is 47.9 Å². The lowest BCUT2D eigenvalue weighted by atomic mass is 10.0. The Labute approximate surface area is 248 Å². The van der Waals surface area contributed by atoms with E-state index in [2.05, 4.69) is 5.32 Å². The van der Waals surface area contributed by atoms with Crippen molar-refractivity contribution in [3.8, 4) is 0 Å². The summed E-state index contributed by atoms with van der Waals surface area (Å²) >= 11 is 6.28. The number of hydrogen-bond donors (Lipinski definition) is 1. The first-order valence-electron chi connectivity index (χ1n) is 13.9. The van der Waals surface area contributed by atoms with Gasteiger partial charge in [-0.05, 0) is 61.6 Å². The van der Waals surface area contributed by atoms with Crippen LogP contribution in [0.4, 0.5) is 5.69 Å². The molecule has 3 aromatic rings. The maximum Gasteiger partial charge on any atom is 0.244 e. The van der Waals surface area contributed by atoms with Crippen LogP contribution in [0.15, 0.2) is 72.8 Å². The Morgan fingerprint density at radius 1 is 0.951 bits per heavy atom. The Morgan fingerprint density at radius 2 is 1.63 bits per heavy atom. The molecule has 1 saturated carbocycles. The molecule has 0 heterocycles. The SMILES string of the molecule is Cc1ccc(N(CC(=O)N(Cc2cccc(Cl)c2)[C@H](Cc2ccccc2)C(=O)NC2CCCC2)S(C)(=O)=O)c(C)c1. The molecule has 0 saturated heterocycles. The molecule has 1 N–H and O–H groups in total. The van der Waals surface area contributed by atoms with Gasteiger partial charge in [-0.25, -0.2) is 8.42 Å². The lowest BCUT2D eigenvalue weighted by molar-refractivity contribution is -0.140. The van der Waals surface area contributed by atoms with Crippen LogP contribution < -0.4 is 9.62 Å². The number of nitrogens with zero attached hydrogens (tertiary/aromatic N) is 2. The normalized spacial score (nSPS) is 14.4. The molecule has 7 nitrogen and oxygen atoms in total. The molecule has 1 aliphatic rings. The van der Waals surface area contributed by atoms with Crippen molar-refractivity contribution < 1.29 is 18.0 Å². The minimum absolute atomic E-state index is 0.0617. The number of carbonyl (C=O) groups excluding carboxylic acids is 2. The van der Waals surface area contributed by atoms with E-state index in [1.54, 1.807) is 24.3 Å². The largest absolute Gasteiger partial charge is 0.352 e. The van der Waals surface area contributed by atoms with Crippen LogP contribution in [0.25, 0.3) is 0 Å². The molecule has 1 aliphatic carbocycles. The summed E-state index contributed by atoms with van der Waals surface area (Å²) < 4.78 is 27.2. The molecule has 0 unspecified atom stereocenters. The molecule has 0 radical (unpaired) electrons. The van der Waals surface area contributed by atoms with Gasteiger partial charge in [0, 0.05) is 24.0 Å². The maximum atomic E-state index is 14.2. The first-order valence-corrected chi connectivity index (χ1v) is 16.2. The number of halogens is 1. The molecule has 218 valence electrons. The van der Waals surface area contributed by atoms with Crippen molar-refractivity contribution in [2.45, 2.75) is 64.6 Å². The number of amides is 2. The molecule has 1 atom stereocenters. The Hall–Kier alpha value is -3.36. The van der Waals surface area contributed by atoms with Crippen molar-refractivity contribution >= 4 is 39.1 Å². The maximum absolute atomic E-state index is 14.2. The highest BCUT2D eigenvalue weighted by Gasteiger charge is 2.34. The number of carbonyl (C=O) groups is 2. The fourth-order valence-corrected chi connectivity index (χ4v) is 6.55. The first-order chi connectivity index (χ1) is 19.5. The number of anilines is 1. The van der Waals surface area contributed by atoms with Gasteiger partial charge in [0.15, 0.2) is 0 Å². The zero-order chi connectivity index (χ0) is 29.6. The average molecular weight is 596 g/mol. The Balaban J connectivity index is 1.74. The van der Waals surface area contributed by atoms with Gasteiger partial charge in [0.2, 0.25) is 21.8 Å². The minimum Gasteiger partial charge on any atom is -0.352 e. The molecule has 3 aromatic carbocycles. The van der Waals surface area contributed by atoms with Crippen molar-refractivity contribution in [2.75, 3.05) is 17.1 Å². The van der Waals surface area contributed by atoms with Crippen LogP contribution in [-0.2, 0) is 32.6 Å². The van der Waals surface area contributed by atoms with Gasteiger partial charge < -0.3 is 10.2 Å². The van der Waals surface area contributed by atoms with Gasteiger partial charge in [-0.1, -0.05) is 84.6 Å². The Kier molecular flexibility index (Phi) is 10.1. The van der Waals surface area contributed by atoms with Gasteiger partial charge >= 0.3 is 0 Å². The summed E-state index contributed by atoms with van der Waals surface area (Å²) in [6.45, 7) is 3.41. The van der Waals surface area contributed by atoms with Crippen LogP contribution >= 0.6 is 11.6 Å². The predicted molar refractivity (Wildman–Crippen MR) is 164 cm³/mol. The standard InChI is InChI=1S/C32H38ClN3O4S/c1-23-16-17-29(24(2)18-23)36(41(3,39)40)22-31(37)35(21-26-12-9-13-27(33)19-26)30(20-25-10-5-4-6-11-25)32(38)34-28-14-7-8-15-28/h4-6,9-13,16-19,28,30H,7-8,14-15,20-22H2,1-3H3,(H,34,38)/t30-/m1/s1. The van der Waals surface area contributed by atoms with Gasteiger partial charge in [0.25, 0.3) is 0 Å². The molecule has 2 amide bonds. The van der Waals surface area contributed by atoms with Gasteiger partial charge in [0.1, 0.15) is 12.6 Å². The quantitative estimate of drug-likeness (QED) is 0.321. The van der Waals surface area contributed by atoms with Crippen molar-refractivity contribution in [3.05, 3.63) is 100 Å². The smallest absolute Gasteiger partial charge is 0.244 e. The number of nitrogens with one attached hydrogen (secondary N) is 1. The van der Waals surface area contributed by atoms with Gasteiger partial charge in [-0.3, -0.25) is 13.9 Å². The second-order valence-electron chi connectivity index (χ2n) is 10.9. The molecule has 4 rings (SSSR count). The summed E-state index contributed by atoms with van der Waals surface area (Å²) in [5.74, 6) is -0.716. The van der Waals surface area contributed by atoms with Crippen LogP contribution in [0.3, 0.4) is 0 Å². The second kappa shape index (κ2) is 13.5. The van der Waals surface area contributed by atoms with Crippen molar-refractivity contribution in [1.82, 2.24) is 10.2 Å². The van der Waals surface area contributed by atoms with Crippen molar-refractivity contribution in [2.24, 2.45) is 0 Å². The summed E-state index contributed by atoms with van der Waals surface area (Å²) in [5, 5.41) is 3.68. The van der Waals surface area contributed by atoms with Crippen molar-refractivity contribution in [3.63, 3.8) is 0 Å². The molecule has 0 aromatic heterocycles. The van der Waals surface area contributed by atoms with Crippen LogP contribution in [-0.4, -0.2) is 50.0 Å². The number of aryl methyl sites for hydroxylation is 2. The van der Waals surface area contributed by atoms with E-state index in [4.69, 9.17) is 11.6 Å². The van der Waals surface area contributed by atoms with Crippen LogP contribution in [0.2, 0.25) is 5.02 Å². The van der Waals surface area contributed by atoms with Crippen molar-refractivity contribution in [1.29, 1.82) is 0 Å². The first kappa shape index (κ1) is 30.6. The highest BCUT2D eigenvalue weighted by Crippen LogP contribution is 2.25. The summed E-state index contributed by atoms with van der Waals surface area (Å²) in [5.41, 5.74) is 3.81. The third-order valence-electron chi connectivity index (χ3n) is 7.51. The predicted octanol–water partition coefficient (Wildman–Crippen LogP) is 5.42. The van der Waals surface area contributed by atoms with E-state index in [1.807, 2.05) is 62.4 Å². The summed E-state index contributed by atoms with van der Waals surface area (Å²) in [6, 6.07) is 21.3. The van der Waals surface area contributed by atoms with E-state index in [9.17, 15) is 18.0 Å². The fraction of sp³-hybridized carbons (Fsp3) is 0.375. The van der Waals surface area contributed by atoms with Crippen LogP contribution in [0.5, 0.6) is 0 Å². The summed E-state index contributed by atoms with van der Waals surface area (Å²) in [6.07, 6.45) is 5.29. The van der Waals surface area contributed by atoms with E-state index < -0.39 is 28.5 Å². The van der Waals surface area contributed by atoms with Gasteiger partial charge in [-0.2, -0.15) is 0 Å². The number of benzene rings is 3. The van der Waals surface area contributed by atoms with Crippen LogP contribution in [0, 0.1) is 13.8 Å². The van der Waals surface area contributed by atoms with Gasteiger partial charge in [0.05, 0.1) is 11.9 Å². The van der Waals surface area contributed by atoms with E-state index in [-0.39, 0.29) is 24.9 Å². The lowest BCUT2D eigenvalue weighted by Crippen LogP contribution is -2.54. The van der Waals surface area contributed by atoms with E-state index in [1.165, 1.54) is 4.90 Å². The highest BCUT2D eigenvalue weighted by atomic mass is 35.5. The summed E-state index contributed by atoms with van der Waals surface area (Å²) in [4.78, 5) is 29.6.